The third-order valence-electron chi connectivity index (χ3n) is 4.14. The van der Waals surface area contributed by atoms with E-state index >= 15 is 0 Å². The van der Waals surface area contributed by atoms with E-state index in [1.165, 1.54) is 6.33 Å². The summed E-state index contributed by atoms with van der Waals surface area (Å²) in [5.41, 5.74) is 1.73. The van der Waals surface area contributed by atoms with Gasteiger partial charge in [-0.05, 0) is 42.0 Å². The number of aromatic nitrogens is 4. The zero-order valence-corrected chi connectivity index (χ0v) is 13.8. The highest BCUT2D eigenvalue weighted by atomic mass is 16.2. The van der Waals surface area contributed by atoms with Gasteiger partial charge in [0.1, 0.15) is 6.33 Å². The molecule has 1 fully saturated rings. The lowest BCUT2D eigenvalue weighted by molar-refractivity contribution is -0.146. The number of piperazine rings is 1. The van der Waals surface area contributed by atoms with Crippen molar-refractivity contribution in [1.82, 2.24) is 30.0 Å². The van der Waals surface area contributed by atoms with Crippen molar-refractivity contribution < 1.29 is 9.59 Å². The Labute approximate surface area is 140 Å². The number of tetrazole rings is 1. The van der Waals surface area contributed by atoms with Crippen molar-refractivity contribution in [1.29, 1.82) is 0 Å². The van der Waals surface area contributed by atoms with E-state index in [4.69, 9.17) is 0 Å². The first kappa shape index (κ1) is 16.1. The van der Waals surface area contributed by atoms with E-state index in [0.717, 1.165) is 11.3 Å². The Morgan fingerprint density at radius 3 is 2.54 bits per heavy atom. The molecule has 3 rings (SSSR count). The van der Waals surface area contributed by atoms with Gasteiger partial charge in [0.05, 0.1) is 18.7 Å². The molecule has 2 aromatic rings. The highest BCUT2D eigenvalue weighted by Gasteiger charge is 2.28. The van der Waals surface area contributed by atoms with Crippen LogP contribution in [0.15, 0.2) is 30.6 Å². The second-order valence-corrected chi connectivity index (χ2v) is 6.09. The van der Waals surface area contributed by atoms with Crippen LogP contribution in [0, 0.1) is 0 Å². The molecule has 1 aliphatic heterocycles. The molecular weight excluding hydrogens is 308 g/mol. The summed E-state index contributed by atoms with van der Waals surface area (Å²) in [4.78, 5) is 28.0. The molecule has 0 unspecified atom stereocenters. The Morgan fingerprint density at radius 1 is 1.21 bits per heavy atom. The van der Waals surface area contributed by atoms with Crippen LogP contribution < -0.4 is 0 Å². The molecule has 0 aliphatic carbocycles. The summed E-state index contributed by atoms with van der Waals surface area (Å²) in [7, 11) is 0. The fourth-order valence-electron chi connectivity index (χ4n) is 2.78. The van der Waals surface area contributed by atoms with Crippen LogP contribution in [0.4, 0.5) is 0 Å². The van der Waals surface area contributed by atoms with Gasteiger partial charge in [0.2, 0.25) is 11.8 Å². The molecular formula is C16H20N6O2. The fourth-order valence-corrected chi connectivity index (χ4v) is 2.78. The predicted molar refractivity (Wildman–Crippen MR) is 86.3 cm³/mol. The zero-order valence-electron chi connectivity index (χ0n) is 13.8. The molecule has 2 amide bonds. The second kappa shape index (κ2) is 6.77. The van der Waals surface area contributed by atoms with Gasteiger partial charge in [-0.1, -0.05) is 12.1 Å². The molecule has 0 atom stereocenters. The van der Waals surface area contributed by atoms with Crippen LogP contribution in [-0.4, -0.2) is 67.5 Å². The Bertz CT molecular complexity index is 711. The zero-order chi connectivity index (χ0) is 17.1. The molecule has 0 spiro atoms. The summed E-state index contributed by atoms with van der Waals surface area (Å²) in [6, 6.07) is 7.65. The third-order valence-corrected chi connectivity index (χ3v) is 4.14. The predicted octanol–water partition coefficient (Wildman–Crippen LogP) is 0.284. The quantitative estimate of drug-likeness (QED) is 0.805. The summed E-state index contributed by atoms with van der Waals surface area (Å²) >= 11 is 0. The molecule has 24 heavy (non-hydrogen) atoms. The normalized spacial score (nSPS) is 15.2. The lowest BCUT2D eigenvalue weighted by Gasteiger charge is -2.36. The van der Waals surface area contributed by atoms with Crippen molar-refractivity contribution in [2.24, 2.45) is 0 Å². The molecule has 1 saturated heterocycles. The molecule has 8 heteroatoms. The van der Waals surface area contributed by atoms with Gasteiger partial charge in [0.15, 0.2) is 0 Å². The molecule has 0 saturated carbocycles. The number of carbonyl (C=O) groups is 2. The van der Waals surface area contributed by atoms with Gasteiger partial charge >= 0.3 is 0 Å². The van der Waals surface area contributed by atoms with Crippen molar-refractivity contribution in [3.05, 3.63) is 36.2 Å². The minimum atomic E-state index is -0.0260. The van der Waals surface area contributed by atoms with Crippen molar-refractivity contribution in [2.45, 2.75) is 26.3 Å². The van der Waals surface area contributed by atoms with Gasteiger partial charge in [-0.25, -0.2) is 4.68 Å². The first-order valence-corrected chi connectivity index (χ1v) is 7.94. The van der Waals surface area contributed by atoms with E-state index in [2.05, 4.69) is 15.5 Å². The summed E-state index contributed by atoms with van der Waals surface area (Å²) < 4.78 is 1.55. The number of hydrogen-bond acceptors (Lipinski definition) is 5. The Balaban J connectivity index is 1.60. The van der Waals surface area contributed by atoms with Gasteiger partial charge in [-0.3, -0.25) is 9.59 Å². The van der Waals surface area contributed by atoms with Crippen LogP contribution in [0.2, 0.25) is 0 Å². The van der Waals surface area contributed by atoms with Crippen molar-refractivity contribution in [3.63, 3.8) is 0 Å². The molecule has 0 radical (unpaired) electrons. The molecule has 1 aromatic carbocycles. The van der Waals surface area contributed by atoms with Crippen LogP contribution in [0.25, 0.3) is 5.69 Å². The minimum absolute atomic E-state index is 0.0126. The monoisotopic (exact) mass is 328 g/mol. The van der Waals surface area contributed by atoms with Crippen LogP contribution in [0.1, 0.15) is 19.4 Å². The maximum atomic E-state index is 12.4. The average molecular weight is 328 g/mol. The highest BCUT2D eigenvalue weighted by molar-refractivity contribution is 5.87. The van der Waals surface area contributed by atoms with E-state index < -0.39 is 0 Å². The largest absolute Gasteiger partial charge is 0.337 e. The van der Waals surface area contributed by atoms with Gasteiger partial charge < -0.3 is 9.80 Å². The van der Waals surface area contributed by atoms with Crippen LogP contribution >= 0.6 is 0 Å². The number of amides is 2. The Hall–Kier alpha value is -2.77. The van der Waals surface area contributed by atoms with Gasteiger partial charge in [-0.15, -0.1) is 5.10 Å². The SMILES string of the molecule is CC(C)N1CCN(C(=O)Cc2ccc(-n3cnnn3)cc2)CC1=O. The van der Waals surface area contributed by atoms with E-state index in [0.29, 0.717) is 13.1 Å². The van der Waals surface area contributed by atoms with Crippen LogP contribution in [0.3, 0.4) is 0 Å². The minimum Gasteiger partial charge on any atom is -0.337 e. The van der Waals surface area contributed by atoms with E-state index in [1.807, 2.05) is 43.0 Å². The molecule has 1 aliphatic rings. The first-order valence-electron chi connectivity index (χ1n) is 7.94. The second-order valence-electron chi connectivity index (χ2n) is 6.09. The van der Waals surface area contributed by atoms with E-state index in [9.17, 15) is 9.59 Å². The molecule has 1 aromatic heterocycles. The maximum absolute atomic E-state index is 12.4. The molecule has 8 nitrogen and oxygen atoms in total. The van der Waals surface area contributed by atoms with Gasteiger partial charge in [0.25, 0.3) is 0 Å². The number of carbonyl (C=O) groups excluding carboxylic acids is 2. The number of benzene rings is 1. The highest BCUT2D eigenvalue weighted by Crippen LogP contribution is 2.12. The third kappa shape index (κ3) is 3.42. The first-order chi connectivity index (χ1) is 11.5. The Morgan fingerprint density at radius 2 is 1.96 bits per heavy atom. The summed E-state index contributed by atoms with van der Waals surface area (Å²) in [5.74, 6) is -0.0134. The number of rotatable bonds is 4. The summed E-state index contributed by atoms with van der Waals surface area (Å²) in [5, 5.41) is 11.0. The standard InChI is InChI=1S/C16H20N6O2/c1-12(2)21-8-7-20(10-16(21)24)15(23)9-13-3-5-14(6-4-13)22-11-17-18-19-22/h3-6,11-12H,7-10H2,1-2H3. The lowest BCUT2D eigenvalue weighted by Crippen LogP contribution is -2.54. The molecule has 0 bridgehead atoms. The topological polar surface area (TPSA) is 84.2 Å². The average Bonchev–Trinajstić information content (AvgIpc) is 3.09. The van der Waals surface area contributed by atoms with E-state index in [-0.39, 0.29) is 30.8 Å². The molecule has 126 valence electrons. The number of nitrogens with zero attached hydrogens (tertiary/aromatic N) is 6. The van der Waals surface area contributed by atoms with Crippen molar-refractivity contribution in [3.8, 4) is 5.69 Å². The number of hydrogen-bond donors (Lipinski definition) is 0. The maximum Gasteiger partial charge on any atom is 0.242 e. The summed E-state index contributed by atoms with van der Waals surface area (Å²) in [6.07, 6.45) is 1.80. The van der Waals surface area contributed by atoms with Crippen LogP contribution in [-0.2, 0) is 16.0 Å². The van der Waals surface area contributed by atoms with E-state index in [1.54, 1.807) is 9.58 Å². The van der Waals surface area contributed by atoms with Gasteiger partial charge in [-0.2, -0.15) is 0 Å². The lowest BCUT2D eigenvalue weighted by atomic mass is 10.1. The fraction of sp³-hybridized carbons (Fsp3) is 0.438. The van der Waals surface area contributed by atoms with Crippen LogP contribution in [0.5, 0.6) is 0 Å². The van der Waals surface area contributed by atoms with Gasteiger partial charge in [0, 0.05) is 19.1 Å². The smallest absolute Gasteiger partial charge is 0.242 e. The molecule has 0 N–H and O–H groups in total. The molecule has 2 heterocycles. The Kier molecular flexibility index (Phi) is 4.54. The van der Waals surface area contributed by atoms with Crippen molar-refractivity contribution in [2.75, 3.05) is 19.6 Å². The summed E-state index contributed by atoms with van der Waals surface area (Å²) in [6.45, 7) is 5.33. The van der Waals surface area contributed by atoms with Crippen molar-refractivity contribution >= 4 is 11.8 Å².